The van der Waals surface area contributed by atoms with Crippen LogP contribution in [-0.4, -0.2) is 15.0 Å². The van der Waals surface area contributed by atoms with Crippen molar-refractivity contribution in [1.29, 1.82) is 0 Å². The zero-order valence-corrected chi connectivity index (χ0v) is 21.7. The van der Waals surface area contributed by atoms with Gasteiger partial charge in [0.05, 0.1) is 16.6 Å². The molecule has 2 heterocycles. The first kappa shape index (κ1) is 22.6. The van der Waals surface area contributed by atoms with Gasteiger partial charge in [-0.05, 0) is 64.4 Å². The Labute approximate surface area is 231 Å². The van der Waals surface area contributed by atoms with Crippen LogP contribution in [0.3, 0.4) is 0 Å². The zero-order chi connectivity index (χ0) is 26.6. The molecule has 0 spiro atoms. The van der Waals surface area contributed by atoms with Crippen LogP contribution in [0.2, 0.25) is 0 Å². The van der Waals surface area contributed by atoms with Crippen molar-refractivity contribution in [2.75, 3.05) is 0 Å². The second kappa shape index (κ2) is 8.82. The number of nitrogens with zero attached hydrogens (tertiary/aromatic N) is 2. The summed E-state index contributed by atoms with van der Waals surface area (Å²) in [4.78, 5) is 14.2. The molecule has 0 radical (unpaired) electrons. The average molecular weight is 513 g/mol. The summed E-state index contributed by atoms with van der Waals surface area (Å²) in [5.74, 6) is -0.0237. The van der Waals surface area contributed by atoms with E-state index in [1.807, 2.05) is 59.2 Å². The third-order valence-electron chi connectivity index (χ3n) is 7.95. The quantitative estimate of drug-likeness (QED) is 0.232. The van der Waals surface area contributed by atoms with Crippen molar-refractivity contribution in [3.05, 3.63) is 151 Å². The summed E-state index contributed by atoms with van der Waals surface area (Å²) in [6.45, 7) is 0. The molecular formula is C37H24N2O. The molecule has 0 atom stereocenters. The van der Waals surface area contributed by atoms with E-state index >= 15 is 0 Å². The molecule has 0 saturated heterocycles. The Morgan fingerprint density at radius 2 is 1.23 bits per heavy atom. The molecule has 3 nitrogen and oxygen atoms in total. The van der Waals surface area contributed by atoms with Crippen LogP contribution in [0.15, 0.2) is 146 Å². The summed E-state index contributed by atoms with van der Waals surface area (Å²) >= 11 is 0. The Morgan fingerprint density at radius 3 is 2.08 bits per heavy atom. The largest absolute Gasteiger partial charge is 0.316 e. The Bertz CT molecular complexity index is 2220. The van der Waals surface area contributed by atoms with Gasteiger partial charge in [-0.15, -0.1) is 0 Å². The molecule has 3 heteroatoms. The van der Waals surface area contributed by atoms with Crippen LogP contribution < -0.4 is 0 Å². The van der Waals surface area contributed by atoms with Crippen LogP contribution in [-0.2, 0) is 0 Å². The first-order chi connectivity index (χ1) is 19.8. The smallest absolute Gasteiger partial charge is 0.262 e. The molecule has 0 bridgehead atoms. The van der Waals surface area contributed by atoms with E-state index < -0.39 is 0 Å². The van der Waals surface area contributed by atoms with Gasteiger partial charge in [-0.3, -0.25) is 9.36 Å². The van der Waals surface area contributed by atoms with E-state index in [0.29, 0.717) is 5.56 Å². The van der Waals surface area contributed by atoms with E-state index in [1.165, 1.54) is 11.1 Å². The van der Waals surface area contributed by atoms with Crippen LogP contribution in [0, 0.1) is 0 Å². The number of hydrogen-bond acceptors (Lipinski definition) is 1. The number of para-hydroxylation sites is 1. The summed E-state index contributed by atoms with van der Waals surface area (Å²) < 4.78 is 4.10. The Hall–Kier alpha value is -5.41. The first-order valence-electron chi connectivity index (χ1n) is 13.5. The molecule has 188 valence electrons. The first-order valence-corrected chi connectivity index (χ1v) is 13.5. The second-order valence-corrected chi connectivity index (χ2v) is 10.2. The molecular weight excluding hydrogens is 488 g/mol. The highest BCUT2D eigenvalue weighted by molar-refractivity contribution is 6.23. The van der Waals surface area contributed by atoms with Crippen molar-refractivity contribution in [2.45, 2.75) is 0 Å². The standard InChI is InChI=1S/C37H24N2O/c40-37(29-15-14-26-10-4-5-11-28(26)24-29)39-35-13-7-6-12-31(35)32-20-21-34-33(36(32)39)22-23-38(34)30-18-16-27(17-19-30)25-8-2-1-3-9-25/h1-24H. The molecule has 6 aromatic carbocycles. The Balaban J connectivity index is 1.32. The zero-order valence-electron chi connectivity index (χ0n) is 21.7. The van der Waals surface area contributed by atoms with Gasteiger partial charge < -0.3 is 4.57 Å². The van der Waals surface area contributed by atoms with Crippen molar-refractivity contribution in [2.24, 2.45) is 0 Å². The van der Waals surface area contributed by atoms with Gasteiger partial charge >= 0.3 is 0 Å². The molecule has 0 amide bonds. The lowest BCUT2D eigenvalue weighted by molar-refractivity contribution is 0.0970. The van der Waals surface area contributed by atoms with Gasteiger partial charge in [-0.1, -0.05) is 97.1 Å². The van der Waals surface area contributed by atoms with Crippen molar-refractivity contribution < 1.29 is 4.79 Å². The maximum Gasteiger partial charge on any atom is 0.262 e. The number of carbonyl (C=O) groups is 1. The van der Waals surface area contributed by atoms with E-state index in [9.17, 15) is 4.79 Å². The number of benzene rings is 6. The van der Waals surface area contributed by atoms with Gasteiger partial charge in [-0.25, -0.2) is 0 Å². The normalized spacial score (nSPS) is 11.6. The number of carbonyl (C=O) groups excluding carboxylic acids is 1. The lowest BCUT2D eigenvalue weighted by Gasteiger charge is -2.10. The van der Waals surface area contributed by atoms with Gasteiger partial charge in [0.25, 0.3) is 5.91 Å². The maximum atomic E-state index is 14.2. The number of aromatic nitrogens is 2. The molecule has 0 aliphatic heterocycles. The molecule has 0 unspecified atom stereocenters. The highest BCUT2D eigenvalue weighted by Crippen LogP contribution is 2.36. The van der Waals surface area contributed by atoms with Crippen LogP contribution in [0.1, 0.15) is 10.4 Å². The van der Waals surface area contributed by atoms with Gasteiger partial charge in [0.15, 0.2) is 0 Å². The predicted molar refractivity (Wildman–Crippen MR) is 165 cm³/mol. The third-order valence-corrected chi connectivity index (χ3v) is 7.95. The van der Waals surface area contributed by atoms with Crippen LogP contribution >= 0.6 is 0 Å². The summed E-state index contributed by atoms with van der Waals surface area (Å²) in [6.07, 6.45) is 2.10. The lowest BCUT2D eigenvalue weighted by atomic mass is 10.1. The monoisotopic (exact) mass is 512 g/mol. The van der Waals surface area contributed by atoms with Crippen LogP contribution in [0.4, 0.5) is 0 Å². The number of fused-ring (bicyclic) bond motifs is 6. The maximum absolute atomic E-state index is 14.2. The summed E-state index contributed by atoms with van der Waals surface area (Å²) in [5.41, 5.74) is 7.07. The molecule has 0 aliphatic carbocycles. The minimum absolute atomic E-state index is 0.0237. The van der Waals surface area contributed by atoms with E-state index in [0.717, 1.165) is 49.2 Å². The third kappa shape index (κ3) is 3.41. The Kier molecular flexibility index (Phi) is 4.98. The molecule has 40 heavy (non-hydrogen) atoms. The predicted octanol–water partition coefficient (Wildman–Crippen LogP) is 9.25. The van der Waals surface area contributed by atoms with Crippen LogP contribution in [0.5, 0.6) is 0 Å². The van der Waals surface area contributed by atoms with Crippen LogP contribution in [0.25, 0.3) is 60.3 Å². The molecule has 2 aromatic heterocycles. The van der Waals surface area contributed by atoms with Gasteiger partial charge in [0.2, 0.25) is 0 Å². The van der Waals surface area contributed by atoms with Gasteiger partial charge in [-0.2, -0.15) is 0 Å². The van der Waals surface area contributed by atoms with E-state index in [1.54, 1.807) is 0 Å². The van der Waals surface area contributed by atoms with E-state index in [-0.39, 0.29) is 5.91 Å². The van der Waals surface area contributed by atoms with Crippen molar-refractivity contribution in [3.8, 4) is 16.8 Å². The van der Waals surface area contributed by atoms with Gasteiger partial charge in [0.1, 0.15) is 0 Å². The highest BCUT2D eigenvalue weighted by atomic mass is 16.2. The highest BCUT2D eigenvalue weighted by Gasteiger charge is 2.21. The minimum atomic E-state index is -0.0237. The molecule has 8 rings (SSSR count). The number of hydrogen-bond donors (Lipinski definition) is 0. The van der Waals surface area contributed by atoms with Crippen molar-refractivity contribution >= 4 is 49.4 Å². The summed E-state index contributed by atoms with van der Waals surface area (Å²) in [6, 6.07) is 47.8. The molecule has 0 fully saturated rings. The Morgan fingerprint density at radius 1 is 0.500 bits per heavy atom. The topological polar surface area (TPSA) is 26.9 Å². The average Bonchev–Trinajstić information content (AvgIpc) is 3.60. The molecule has 0 aliphatic rings. The summed E-state index contributed by atoms with van der Waals surface area (Å²) in [7, 11) is 0. The van der Waals surface area contributed by atoms with Crippen molar-refractivity contribution in [3.63, 3.8) is 0 Å². The molecule has 0 saturated carbocycles. The molecule has 8 aromatic rings. The molecule has 0 N–H and O–H groups in total. The minimum Gasteiger partial charge on any atom is -0.316 e. The van der Waals surface area contributed by atoms with E-state index in [4.69, 9.17) is 0 Å². The fourth-order valence-corrected chi connectivity index (χ4v) is 6.01. The lowest BCUT2D eigenvalue weighted by Crippen LogP contribution is -2.11. The fourth-order valence-electron chi connectivity index (χ4n) is 6.01. The van der Waals surface area contributed by atoms with E-state index in [2.05, 4.69) is 95.7 Å². The fraction of sp³-hybridized carbons (Fsp3) is 0. The number of rotatable bonds is 3. The second-order valence-electron chi connectivity index (χ2n) is 10.2. The van der Waals surface area contributed by atoms with Gasteiger partial charge in [0, 0.05) is 33.6 Å². The summed E-state index contributed by atoms with van der Waals surface area (Å²) in [5, 5.41) is 5.39. The van der Waals surface area contributed by atoms with Crippen molar-refractivity contribution in [1.82, 2.24) is 9.13 Å². The SMILES string of the molecule is O=C(c1ccc2ccccc2c1)n1c2ccccc2c2ccc3c(ccn3-c3ccc(-c4ccccc4)cc3)c21.